The molecule has 0 bridgehead atoms. The number of fused-ring (bicyclic) bond motifs is 1. The second-order valence-electron chi connectivity index (χ2n) is 5.81. The minimum Gasteiger partial charge on any atom is -0.324 e. The van der Waals surface area contributed by atoms with Gasteiger partial charge in [0.1, 0.15) is 6.04 Å². The first-order valence-corrected chi connectivity index (χ1v) is 7.71. The van der Waals surface area contributed by atoms with Gasteiger partial charge in [0.25, 0.3) is 0 Å². The number of amides is 1. The van der Waals surface area contributed by atoms with Gasteiger partial charge in [-0.05, 0) is 37.6 Å². The molecule has 3 rings (SSSR count). The van der Waals surface area contributed by atoms with Crippen LogP contribution in [0.15, 0.2) is 30.6 Å². The number of likely N-dealkylation sites (N-methyl/N-ethyl adjacent to an activating group) is 1. The Hall–Kier alpha value is -2.47. The number of nitrogens with one attached hydrogen (secondary N) is 2. The van der Waals surface area contributed by atoms with E-state index in [4.69, 9.17) is 0 Å². The summed E-state index contributed by atoms with van der Waals surface area (Å²) in [6.07, 6.45) is 5.87. The van der Waals surface area contributed by atoms with Crippen molar-refractivity contribution >= 4 is 17.4 Å². The highest BCUT2D eigenvalue weighted by Gasteiger charge is 2.22. The molecule has 6 heteroatoms. The number of Topliss-reactive ketones (excluding diaryl/α,β-unsaturated/α-hetero) is 1. The lowest BCUT2D eigenvalue weighted by Gasteiger charge is -2.18. The monoisotopic (exact) mass is 312 g/mol. The normalized spacial score (nSPS) is 15.1. The van der Waals surface area contributed by atoms with Crippen LogP contribution in [0.2, 0.25) is 0 Å². The van der Waals surface area contributed by atoms with E-state index in [0.29, 0.717) is 12.1 Å². The van der Waals surface area contributed by atoms with E-state index < -0.39 is 6.04 Å². The lowest BCUT2D eigenvalue weighted by atomic mass is 9.90. The average molecular weight is 312 g/mol. The maximum absolute atomic E-state index is 12.5. The molecule has 1 aromatic carbocycles. The standard InChI is InChI=1S/C17H20N4O2/c1-18-16(12-9-19-21(2)10-12)17(23)20-13-7-6-11-4-3-5-15(22)14(11)8-13/h6-10,16,18H,3-5H2,1-2H3,(H,20,23). The molecule has 0 fully saturated rings. The molecule has 1 aliphatic rings. The number of aromatic nitrogens is 2. The van der Waals surface area contributed by atoms with Crippen molar-refractivity contribution in [1.82, 2.24) is 15.1 Å². The van der Waals surface area contributed by atoms with E-state index in [0.717, 1.165) is 29.5 Å². The van der Waals surface area contributed by atoms with Crippen LogP contribution in [0.5, 0.6) is 0 Å². The highest BCUT2D eigenvalue weighted by molar-refractivity contribution is 6.01. The number of ketones is 1. The summed E-state index contributed by atoms with van der Waals surface area (Å²) in [5, 5.41) is 9.97. The van der Waals surface area contributed by atoms with Crippen LogP contribution in [-0.2, 0) is 18.3 Å². The van der Waals surface area contributed by atoms with E-state index >= 15 is 0 Å². The third-order valence-corrected chi connectivity index (χ3v) is 4.14. The number of carbonyl (C=O) groups excluding carboxylic acids is 2. The molecule has 1 amide bonds. The zero-order valence-electron chi connectivity index (χ0n) is 13.3. The van der Waals surface area contributed by atoms with Gasteiger partial charge >= 0.3 is 0 Å². The number of rotatable bonds is 4. The van der Waals surface area contributed by atoms with Gasteiger partial charge in [0.15, 0.2) is 5.78 Å². The molecule has 2 aromatic rings. The molecule has 1 aromatic heterocycles. The van der Waals surface area contributed by atoms with E-state index in [2.05, 4.69) is 15.7 Å². The molecule has 1 atom stereocenters. The van der Waals surface area contributed by atoms with Gasteiger partial charge in [-0.1, -0.05) is 6.07 Å². The Morgan fingerprint density at radius 1 is 1.35 bits per heavy atom. The summed E-state index contributed by atoms with van der Waals surface area (Å²) in [5.41, 5.74) is 3.24. The number of aryl methyl sites for hydroxylation is 2. The van der Waals surface area contributed by atoms with Crippen molar-refractivity contribution in [1.29, 1.82) is 0 Å². The van der Waals surface area contributed by atoms with Crippen molar-refractivity contribution in [2.24, 2.45) is 7.05 Å². The topological polar surface area (TPSA) is 76.0 Å². The van der Waals surface area contributed by atoms with Gasteiger partial charge in [0.2, 0.25) is 5.91 Å². The quantitative estimate of drug-likeness (QED) is 0.903. The first kappa shape index (κ1) is 15.4. The Morgan fingerprint density at radius 3 is 2.87 bits per heavy atom. The SMILES string of the molecule is CNC(C(=O)Nc1ccc2c(c1)C(=O)CCC2)c1cnn(C)c1. The molecule has 23 heavy (non-hydrogen) atoms. The molecule has 1 unspecified atom stereocenters. The number of benzene rings is 1. The maximum atomic E-state index is 12.5. The number of carbonyl (C=O) groups is 2. The highest BCUT2D eigenvalue weighted by Crippen LogP contribution is 2.25. The molecule has 0 aliphatic heterocycles. The van der Waals surface area contributed by atoms with E-state index in [1.165, 1.54) is 0 Å². The van der Waals surface area contributed by atoms with Crippen LogP contribution in [0, 0.1) is 0 Å². The van der Waals surface area contributed by atoms with Crippen molar-refractivity contribution in [3.63, 3.8) is 0 Å². The first-order chi connectivity index (χ1) is 11.1. The Labute approximate surface area is 134 Å². The molecule has 2 N–H and O–H groups in total. The number of nitrogens with zero attached hydrogens (tertiary/aromatic N) is 2. The fraction of sp³-hybridized carbons (Fsp3) is 0.353. The van der Waals surface area contributed by atoms with Crippen LogP contribution in [0.3, 0.4) is 0 Å². The lowest BCUT2D eigenvalue weighted by molar-refractivity contribution is -0.118. The second kappa shape index (κ2) is 6.34. The molecule has 120 valence electrons. The molecule has 1 aliphatic carbocycles. The summed E-state index contributed by atoms with van der Waals surface area (Å²) in [6.45, 7) is 0. The predicted octanol–water partition coefficient (Wildman–Crippen LogP) is 1.84. The molecule has 0 saturated heterocycles. The molecule has 1 heterocycles. The molecule has 6 nitrogen and oxygen atoms in total. The fourth-order valence-corrected chi connectivity index (χ4v) is 2.96. The van der Waals surface area contributed by atoms with Gasteiger partial charge in [-0.2, -0.15) is 5.10 Å². The summed E-state index contributed by atoms with van der Waals surface area (Å²) in [6, 6.07) is 5.08. The van der Waals surface area contributed by atoms with Gasteiger partial charge in [-0.3, -0.25) is 14.3 Å². The Balaban J connectivity index is 1.79. The van der Waals surface area contributed by atoms with Crippen LogP contribution >= 0.6 is 0 Å². The largest absolute Gasteiger partial charge is 0.324 e. The molecular weight excluding hydrogens is 292 g/mol. The predicted molar refractivity (Wildman–Crippen MR) is 87.3 cm³/mol. The summed E-state index contributed by atoms with van der Waals surface area (Å²) < 4.78 is 1.66. The minimum absolute atomic E-state index is 0.153. The van der Waals surface area contributed by atoms with Gasteiger partial charge in [-0.25, -0.2) is 0 Å². The lowest BCUT2D eigenvalue weighted by Crippen LogP contribution is -2.30. The number of hydrogen-bond acceptors (Lipinski definition) is 4. The first-order valence-electron chi connectivity index (χ1n) is 7.71. The zero-order chi connectivity index (χ0) is 16.4. The van der Waals surface area contributed by atoms with Crippen molar-refractivity contribution in [3.05, 3.63) is 47.3 Å². The van der Waals surface area contributed by atoms with E-state index in [9.17, 15) is 9.59 Å². The molecule has 0 saturated carbocycles. The van der Waals surface area contributed by atoms with E-state index in [1.807, 2.05) is 19.2 Å². The van der Waals surface area contributed by atoms with Crippen LogP contribution in [-0.4, -0.2) is 28.5 Å². The van der Waals surface area contributed by atoms with Crippen molar-refractivity contribution < 1.29 is 9.59 Å². The summed E-state index contributed by atoms with van der Waals surface area (Å²) >= 11 is 0. The summed E-state index contributed by atoms with van der Waals surface area (Å²) in [5.74, 6) is -0.0246. The smallest absolute Gasteiger partial charge is 0.246 e. The van der Waals surface area contributed by atoms with Crippen molar-refractivity contribution in [2.75, 3.05) is 12.4 Å². The highest BCUT2D eigenvalue weighted by atomic mass is 16.2. The fourth-order valence-electron chi connectivity index (χ4n) is 2.96. The van der Waals surface area contributed by atoms with Crippen LogP contribution in [0.4, 0.5) is 5.69 Å². The molecular formula is C17H20N4O2. The van der Waals surface area contributed by atoms with Gasteiger partial charge in [0, 0.05) is 36.5 Å². The average Bonchev–Trinajstić information content (AvgIpc) is 2.95. The summed E-state index contributed by atoms with van der Waals surface area (Å²) in [4.78, 5) is 24.5. The third-order valence-electron chi connectivity index (χ3n) is 4.14. The number of anilines is 1. The summed E-state index contributed by atoms with van der Waals surface area (Å²) in [7, 11) is 3.54. The second-order valence-corrected chi connectivity index (χ2v) is 5.81. The van der Waals surface area contributed by atoms with Crippen LogP contribution in [0.1, 0.15) is 40.4 Å². The zero-order valence-corrected chi connectivity index (χ0v) is 13.3. The van der Waals surface area contributed by atoms with E-state index in [-0.39, 0.29) is 11.7 Å². The molecule has 0 radical (unpaired) electrons. The van der Waals surface area contributed by atoms with Crippen LogP contribution < -0.4 is 10.6 Å². The van der Waals surface area contributed by atoms with E-state index in [1.54, 1.807) is 30.2 Å². The number of hydrogen-bond donors (Lipinski definition) is 2. The van der Waals surface area contributed by atoms with Gasteiger partial charge < -0.3 is 10.6 Å². The van der Waals surface area contributed by atoms with Crippen LogP contribution in [0.25, 0.3) is 0 Å². The van der Waals surface area contributed by atoms with Crippen molar-refractivity contribution in [2.45, 2.75) is 25.3 Å². The maximum Gasteiger partial charge on any atom is 0.246 e. The third kappa shape index (κ3) is 3.17. The van der Waals surface area contributed by atoms with Gasteiger partial charge in [0.05, 0.1) is 6.20 Å². The molecule has 0 spiro atoms. The van der Waals surface area contributed by atoms with Gasteiger partial charge in [-0.15, -0.1) is 0 Å². The minimum atomic E-state index is -0.490. The Kier molecular flexibility index (Phi) is 4.25. The Bertz CT molecular complexity index is 751. The van der Waals surface area contributed by atoms with Crippen molar-refractivity contribution in [3.8, 4) is 0 Å². The Morgan fingerprint density at radius 2 is 2.17 bits per heavy atom.